The second-order valence-corrected chi connectivity index (χ2v) is 5.83. The van der Waals surface area contributed by atoms with E-state index in [0.717, 1.165) is 0 Å². The van der Waals surface area contributed by atoms with Crippen LogP contribution < -0.4 is 5.32 Å². The number of carbonyl (C=O) groups excluding carboxylic acids is 1. The lowest BCUT2D eigenvalue weighted by Crippen LogP contribution is -2.37. The highest BCUT2D eigenvalue weighted by Crippen LogP contribution is 1.96. The molecule has 0 heterocycles. The van der Waals surface area contributed by atoms with Crippen LogP contribution >= 0.6 is 0 Å². The highest BCUT2D eigenvalue weighted by molar-refractivity contribution is 7.92. The van der Waals surface area contributed by atoms with Crippen LogP contribution in [0.5, 0.6) is 0 Å². The first-order valence-electron chi connectivity index (χ1n) is 5.76. The predicted molar refractivity (Wildman–Crippen MR) is 69.6 cm³/mol. The summed E-state index contributed by atoms with van der Waals surface area (Å²) in [6.45, 7) is 9.18. The highest BCUT2D eigenvalue weighted by Gasteiger charge is 2.19. The molecular weight excluding hydrogens is 240 g/mol. The van der Waals surface area contributed by atoms with E-state index in [1.54, 1.807) is 6.08 Å². The van der Waals surface area contributed by atoms with Gasteiger partial charge in [-0.25, -0.2) is 8.42 Å². The normalized spacial score (nSPS) is 11.2. The first-order valence-corrected chi connectivity index (χ1v) is 7.58. The number of sulfone groups is 1. The van der Waals surface area contributed by atoms with E-state index in [0.29, 0.717) is 26.2 Å². The van der Waals surface area contributed by atoms with Crippen LogP contribution in [0, 0.1) is 0 Å². The summed E-state index contributed by atoms with van der Waals surface area (Å²) in [7, 11) is -3.31. The Morgan fingerprint density at radius 3 is 2.41 bits per heavy atom. The molecule has 0 aliphatic carbocycles. The number of rotatable bonds is 9. The third-order valence-electron chi connectivity index (χ3n) is 2.34. The second kappa shape index (κ2) is 8.25. The Morgan fingerprint density at radius 2 is 1.94 bits per heavy atom. The molecular formula is C11H22N2O3S. The summed E-state index contributed by atoms with van der Waals surface area (Å²) in [4.78, 5) is 13.1. The molecule has 1 N–H and O–H groups in total. The van der Waals surface area contributed by atoms with Crippen LogP contribution in [-0.4, -0.2) is 56.9 Å². The maximum absolute atomic E-state index is 11.6. The van der Waals surface area contributed by atoms with Gasteiger partial charge in [0, 0.05) is 26.2 Å². The van der Waals surface area contributed by atoms with Crippen molar-refractivity contribution in [2.75, 3.05) is 37.7 Å². The summed E-state index contributed by atoms with van der Waals surface area (Å²) >= 11 is 0. The largest absolute Gasteiger partial charge is 0.342 e. The molecule has 6 heteroatoms. The fraction of sp³-hybridized carbons (Fsp3) is 0.727. The number of hydrogen-bond donors (Lipinski definition) is 1. The Bertz CT molecular complexity index is 335. The Morgan fingerprint density at radius 1 is 1.35 bits per heavy atom. The number of amides is 1. The van der Waals surface area contributed by atoms with Crippen LogP contribution in [0.15, 0.2) is 12.7 Å². The molecule has 0 spiro atoms. The minimum absolute atomic E-state index is 0.0200. The van der Waals surface area contributed by atoms with Gasteiger partial charge < -0.3 is 10.2 Å². The van der Waals surface area contributed by atoms with Gasteiger partial charge in [-0.1, -0.05) is 6.08 Å². The van der Waals surface area contributed by atoms with Gasteiger partial charge in [0.05, 0.1) is 5.75 Å². The fourth-order valence-corrected chi connectivity index (χ4v) is 2.52. The molecule has 100 valence electrons. The Balaban J connectivity index is 4.15. The molecule has 0 aromatic carbocycles. The van der Waals surface area contributed by atoms with Gasteiger partial charge in [-0.2, -0.15) is 0 Å². The molecule has 0 aromatic rings. The minimum Gasteiger partial charge on any atom is -0.342 e. The lowest BCUT2D eigenvalue weighted by molar-refractivity contribution is -0.128. The molecule has 0 radical (unpaired) electrons. The monoisotopic (exact) mass is 262 g/mol. The molecule has 0 rings (SSSR count). The zero-order chi connectivity index (χ0) is 13.3. The standard InChI is InChI=1S/C11H22N2O3S/c1-4-7-12-8-9-17(15,16)10-11(14)13(5-2)6-3/h4,12H,1,5-10H2,2-3H3. The third kappa shape index (κ3) is 7.12. The van der Waals surface area contributed by atoms with Crippen molar-refractivity contribution in [1.82, 2.24) is 10.2 Å². The van der Waals surface area contributed by atoms with Crippen molar-refractivity contribution in [1.29, 1.82) is 0 Å². The van der Waals surface area contributed by atoms with Crippen molar-refractivity contribution in [2.45, 2.75) is 13.8 Å². The van der Waals surface area contributed by atoms with E-state index in [1.807, 2.05) is 13.8 Å². The van der Waals surface area contributed by atoms with Gasteiger partial charge in [0.25, 0.3) is 0 Å². The van der Waals surface area contributed by atoms with Gasteiger partial charge in [0.2, 0.25) is 5.91 Å². The lowest BCUT2D eigenvalue weighted by atomic mass is 10.5. The number of hydrogen-bond acceptors (Lipinski definition) is 4. The van der Waals surface area contributed by atoms with Crippen LogP contribution in [0.3, 0.4) is 0 Å². The summed E-state index contributed by atoms with van der Waals surface area (Å²) in [5.41, 5.74) is 0. The molecule has 0 aliphatic rings. The van der Waals surface area contributed by atoms with Crippen LogP contribution in [0.1, 0.15) is 13.8 Å². The van der Waals surface area contributed by atoms with E-state index in [2.05, 4.69) is 11.9 Å². The Labute approximate surface area is 104 Å². The smallest absolute Gasteiger partial charge is 0.237 e. The van der Waals surface area contributed by atoms with E-state index in [4.69, 9.17) is 0 Å². The summed E-state index contributed by atoms with van der Waals surface area (Å²) in [6, 6.07) is 0. The molecule has 0 fully saturated rings. The predicted octanol–water partition coefficient (Wildman–Crippen LogP) is 0.0452. The Kier molecular flexibility index (Phi) is 7.82. The topological polar surface area (TPSA) is 66.5 Å². The number of nitrogens with one attached hydrogen (secondary N) is 1. The fourth-order valence-electron chi connectivity index (χ4n) is 1.36. The van der Waals surface area contributed by atoms with E-state index < -0.39 is 15.6 Å². The van der Waals surface area contributed by atoms with Crippen molar-refractivity contribution in [3.8, 4) is 0 Å². The van der Waals surface area contributed by atoms with E-state index in [1.165, 1.54) is 4.90 Å². The molecule has 5 nitrogen and oxygen atoms in total. The molecule has 0 unspecified atom stereocenters. The zero-order valence-electron chi connectivity index (χ0n) is 10.6. The molecule has 17 heavy (non-hydrogen) atoms. The molecule has 0 aliphatic heterocycles. The maximum Gasteiger partial charge on any atom is 0.237 e. The van der Waals surface area contributed by atoms with Crippen LogP contribution in [-0.2, 0) is 14.6 Å². The highest BCUT2D eigenvalue weighted by atomic mass is 32.2. The minimum atomic E-state index is -3.31. The molecule has 0 bridgehead atoms. The Hall–Kier alpha value is -0.880. The van der Waals surface area contributed by atoms with Crippen molar-refractivity contribution >= 4 is 15.7 Å². The zero-order valence-corrected chi connectivity index (χ0v) is 11.4. The number of nitrogens with zero attached hydrogens (tertiary/aromatic N) is 1. The average molecular weight is 262 g/mol. The number of carbonyl (C=O) groups is 1. The summed E-state index contributed by atoms with van der Waals surface area (Å²) in [6.07, 6.45) is 1.66. The quantitative estimate of drug-likeness (QED) is 0.471. The van der Waals surface area contributed by atoms with Gasteiger partial charge >= 0.3 is 0 Å². The van der Waals surface area contributed by atoms with Gasteiger partial charge in [0.15, 0.2) is 9.84 Å². The van der Waals surface area contributed by atoms with E-state index in [9.17, 15) is 13.2 Å². The van der Waals surface area contributed by atoms with Gasteiger partial charge in [-0.15, -0.1) is 6.58 Å². The van der Waals surface area contributed by atoms with Gasteiger partial charge in [-0.3, -0.25) is 4.79 Å². The maximum atomic E-state index is 11.6. The lowest BCUT2D eigenvalue weighted by Gasteiger charge is -2.18. The van der Waals surface area contributed by atoms with Crippen molar-refractivity contribution in [3.63, 3.8) is 0 Å². The van der Waals surface area contributed by atoms with Gasteiger partial charge in [-0.05, 0) is 13.8 Å². The molecule has 1 amide bonds. The molecule has 0 aromatic heterocycles. The second-order valence-electron chi connectivity index (χ2n) is 3.65. The van der Waals surface area contributed by atoms with Crippen molar-refractivity contribution < 1.29 is 13.2 Å². The summed E-state index contributed by atoms with van der Waals surface area (Å²) in [5.74, 6) is -0.739. The summed E-state index contributed by atoms with van der Waals surface area (Å²) in [5, 5.41) is 2.90. The average Bonchev–Trinajstić information content (AvgIpc) is 2.25. The third-order valence-corrected chi connectivity index (χ3v) is 3.85. The van der Waals surface area contributed by atoms with Crippen LogP contribution in [0.4, 0.5) is 0 Å². The SMILES string of the molecule is C=CCNCCS(=O)(=O)CC(=O)N(CC)CC. The molecule has 0 atom stereocenters. The summed E-state index contributed by atoms with van der Waals surface area (Å²) < 4.78 is 23.3. The van der Waals surface area contributed by atoms with Crippen LogP contribution in [0.25, 0.3) is 0 Å². The van der Waals surface area contributed by atoms with Crippen molar-refractivity contribution in [3.05, 3.63) is 12.7 Å². The first-order chi connectivity index (χ1) is 7.96. The molecule has 0 saturated heterocycles. The van der Waals surface area contributed by atoms with Gasteiger partial charge in [0.1, 0.15) is 5.75 Å². The van der Waals surface area contributed by atoms with E-state index in [-0.39, 0.29) is 11.7 Å². The molecule has 0 saturated carbocycles. The van der Waals surface area contributed by atoms with Crippen LogP contribution in [0.2, 0.25) is 0 Å². The van der Waals surface area contributed by atoms with E-state index >= 15 is 0 Å². The first kappa shape index (κ1) is 16.1. The van der Waals surface area contributed by atoms with Crippen molar-refractivity contribution in [2.24, 2.45) is 0 Å².